The van der Waals surface area contributed by atoms with Crippen LogP contribution in [-0.2, 0) is 0 Å². The molecular formula is C13H15N3O2. The van der Waals surface area contributed by atoms with Gasteiger partial charge in [-0.15, -0.1) is 0 Å². The molecule has 1 atom stereocenters. The van der Waals surface area contributed by atoms with Crippen molar-refractivity contribution >= 4 is 17.5 Å². The fourth-order valence-corrected chi connectivity index (χ4v) is 1.34. The van der Waals surface area contributed by atoms with E-state index >= 15 is 0 Å². The Bertz CT molecular complexity index is 474. The van der Waals surface area contributed by atoms with Crippen LogP contribution in [0, 0.1) is 11.3 Å². The Labute approximate surface area is 106 Å². The number of nitrogens with one attached hydrogen (secondary N) is 2. The number of carbonyl (C=O) groups is 2. The van der Waals surface area contributed by atoms with E-state index in [2.05, 4.69) is 10.6 Å². The van der Waals surface area contributed by atoms with Crippen LogP contribution in [0.3, 0.4) is 0 Å². The van der Waals surface area contributed by atoms with Crippen molar-refractivity contribution in [3.63, 3.8) is 0 Å². The lowest BCUT2D eigenvalue weighted by Crippen LogP contribution is -2.36. The molecule has 0 fully saturated rings. The number of Topliss-reactive ketones (excluding diaryl/α,β-unsaturated/α-hetero) is 1. The number of hydrogen-bond acceptors (Lipinski definition) is 3. The van der Waals surface area contributed by atoms with Gasteiger partial charge in [-0.05, 0) is 37.6 Å². The molecule has 0 aliphatic rings. The van der Waals surface area contributed by atoms with Gasteiger partial charge >= 0.3 is 6.03 Å². The largest absolute Gasteiger partial charge is 0.322 e. The number of nitrogens with zero attached hydrogens (tertiary/aromatic N) is 1. The van der Waals surface area contributed by atoms with Crippen LogP contribution in [0.2, 0.25) is 0 Å². The molecule has 18 heavy (non-hydrogen) atoms. The van der Waals surface area contributed by atoms with Gasteiger partial charge in [0.15, 0.2) is 5.78 Å². The van der Waals surface area contributed by atoms with Gasteiger partial charge in [0.1, 0.15) is 6.04 Å². The van der Waals surface area contributed by atoms with Crippen LogP contribution < -0.4 is 10.6 Å². The molecule has 94 valence electrons. The average molecular weight is 245 g/mol. The minimum atomic E-state index is -0.499. The number of hydrogen-bond donors (Lipinski definition) is 2. The Morgan fingerprint density at radius 3 is 2.39 bits per heavy atom. The van der Waals surface area contributed by atoms with Crippen molar-refractivity contribution in [2.24, 2.45) is 0 Å². The summed E-state index contributed by atoms with van der Waals surface area (Å²) in [5.41, 5.74) is 1.16. The van der Waals surface area contributed by atoms with E-state index in [1.165, 1.54) is 6.92 Å². The first-order valence-corrected chi connectivity index (χ1v) is 5.65. The SMILES string of the molecule is CCC(C#N)NC(=O)Nc1ccc(C(C)=O)cc1. The van der Waals surface area contributed by atoms with Gasteiger partial charge in [-0.25, -0.2) is 4.79 Å². The highest BCUT2D eigenvalue weighted by Crippen LogP contribution is 2.09. The maximum Gasteiger partial charge on any atom is 0.320 e. The predicted octanol–water partition coefficient (Wildman–Crippen LogP) is 2.31. The highest BCUT2D eigenvalue weighted by Gasteiger charge is 2.08. The van der Waals surface area contributed by atoms with E-state index in [0.29, 0.717) is 17.7 Å². The summed E-state index contributed by atoms with van der Waals surface area (Å²) in [6.45, 7) is 3.30. The fourth-order valence-electron chi connectivity index (χ4n) is 1.34. The minimum absolute atomic E-state index is 0.0264. The van der Waals surface area contributed by atoms with Gasteiger partial charge in [0, 0.05) is 11.3 Å². The molecule has 0 spiro atoms. The maximum atomic E-state index is 11.5. The second kappa shape index (κ2) is 6.40. The van der Waals surface area contributed by atoms with E-state index in [9.17, 15) is 9.59 Å². The molecule has 0 bridgehead atoms. The first-order valence-electron chi connectivity index (χ1n) is 5.65. The van der Waals surface area contributed by atoms with Gasteiger partial charge in [0.25, 0.3) is 0 Å². The number of rotatable bonds is 4. The van der Waals surface area contributed by atoms with Crippen molar-refractivity contribution in [1.82, 2.24) is 5.32 Å². The summed E-state index contributed by atoms with van der Waals surface area (Å²) in [7, 11) is 0. The molecular weight excluding hydrogens is 230 g/mol. The normalized spacial score (nSPS) is 11.2. The number of amides is 2. The molecule has 0 heterocycles. The molecule has 0 aromatic heterocycles. The van der Waals surface area contributed by atoms with Gasteiger partial charge in [0.2, 0.25) is 0 Å². The third-order valence-electron chi connectivity index (χ3n) is 2.42. The van der Waals surface area contributed by atoms with E-state index in [1.54, 1.807) is 24.3 Å². The van der Waals surface area contributed by atoms with Crippen molar-refractivity contribution in [2.45, 2.75) is 26.3 Å². The lowest BCUT2D eigenvalue weighted by Gasteiger charge is -2.10. The number of ketones is 1. The number of anilines is 1. The molecule has 0 aliphatic heterocycles. The van der Waals surface area contributed by atoms with E-state index in [1.807, 2.05) is 13.0 Å². The Hall–Kier alpha value is -2.35. The first-order chi connectivity index (χ1) is 8.56. The molecule has 2 N–H and O–H groups in total. The highest BCUT2D eigenvalue weighted by molar-refractivity contribution is 5.95. The van der Waals surface area contributed by atoms with Gasteiger partial charge in [0.05, 0.1) is 6.07 Å². The maximum absolute atomic E-state index is 11.5. The summed E-state index contributed by atoms with van der Waals surface area (Å²) in [4.78, 5) is 22.6. The Morgan fingerprint density at radius 1 is 1.33 bits per heavy atom. The molecule has 1 aromatic carbocycles. The molecule has 0 radical (unpaired) electrons. The van der Waals surface area contributed by atoms with Crippen LogP contribution in [0.15, 0.2) is 24.3 Å². The molecule has 0 saturated carbocycles. The zero-order valence-electron chi connectivity index (χ0n) is 10.4. The predicted molar refractivity (Wildman–Crippen MR) is 68.3 cm³/mol. The topological polar surface area (TPSA) is 82.0 Å². The fraction of sp³-hybridized carbons (Fsp3) is 0.308. The molecule has 5 heteroatoms. The van der Waals surface area contributed by atoms with Gasteiger partial charge in [-0.2, -0.15) is 5.26 Å². The van der Waals surface area contributed by atoms with Crippen molar-refractivity contribution in [2.75, 3.05) is 5.32 Å². The number of nitriles is 1. The van der Waals surface area contributed by atoms with Crippen LogP contribution in [0.4, 0.5) is 10.5 Å². The zero-order valence-corrected chi connectivity index (χ0v) is 10.4. The Morgan fingerprint density at radius 2 is 1.94 bits per heavy atom. The summed E-state index contributed by atoms with van der Waals surface area (Å²) in [5, 5.41) is 13.8. The van der Waals surface area contributed by atoms with Crippen molar-refractivity contribution in [3.8, 4) is 6.07 Å². The van der Waals surface area contributed by atoms with Gasteiger partial charge in [-0.3, -0.25) is 4.79 Å². The standard InChI is InChI=1S/C13H15N3O2/c1-3-11(8-14)15-13(18)16-12-6-4-10(5-7-12)9(2)17/h4-7,11H,3H2,1-2H3,(H2,15,16,18). The highest BCUT2D eigenvalue weighted by atomic mass is 16.2. The lowest BCUT2D eigenvalue weighted by atomic mass is 10.1. The first kappa shape index (κ1) is 13.7. The van der Waals surface area contributed by atoms with Crippen LogP contribution in [0.1, 0.15) is 30.6 Å². The van der Waals surface area contributed by atoms with Crippen molar-refractivity contribution in [3.05, 3.63) is 29.8 Å². The lowest BCUT2D eigenvalue weighted by molar-refractivity contribution is 0.101. The van der Waals surface area contributed by atoms with Crippen LogP contribution in [0.5, 0.6) is 0 Å². The van der Waals surface area contributed by atoms with E-state index in [-0.39, 0.29) is 5.78 Å². The third-order valence-corrected chi connectivity index (χ3v) is 2.42. The van der Waals surface area contributed by atoms with E-state index < -0.39 is 12.1 Å². The number of carbonyl (C=O) groups excluding carboxylic acids is 2. The molecule has 1 unspecified atom stereocenters. The van der Waals surface area contributed by atoms with Crippen LogP contribution in [0.25, 0.3) is 0 Å². The van der Waals surface area contributed by atoms with Gasteiger partial charge in [-0.1, -0.05) is 6.92 Å². The molecule has 0 aliphatic carbocycles. The van der Waals surface area contributed by atoms with Crippen LogP contribution >= 0.6 is 0 Å². The monoisotopic (exact) mass is 245 g/mol. The van der Waals surface area contributed by atoms with Crippen molar-refractivity contribution in [1.29, 1.82) is 5.26 Å². The van der Waals surface area contributed by atoms with Crippen molar-refractivity contribution < 1.29 is 9.59 Å². The summed E-state index contributed by atoms with van der Waals surface area (Å²) >= 11 is 0. The zero-order chi connectivity index (χ0) is 13.5. The van der Waals surface area contributed by atoms with Gasteiger partial charge < -0.3 is 10.6 Å². The quantitative estimate of drug-likeness (QED) is 0.798. The molecule has 1 aromatic rings. The average Bonchev–Trinajstić information content (AvgIpc) is 2.36. The summed E-state index contributed by atoms with van der Waals surface area (Å²) in [6.07, 6.45) is 0.549. The number of urea groups is 1. The minimum Gasteiger partial charge on any atom is -0.322 e. The molecule has 2 amide bonds. The van der Waals surface area contributed by atoms with Crippen LogP contribution in [-0.4, -0.2) is 17.9 Å². The Balaban J connectivity index is 2.60. The van der Waals surface area contributed by atoms with E-state index in [0.717, 1.165) is 0 Å². The molecule has 1 rings (SSSR count). The smallest absolute Gasteiger partial charge is 0.320 e. The summed E-state index contributed by atoms with van der Waals surface area (Å²) < 4.78 is 0. The summed E-state index contributed by atoms with van der Waals surface area (Å²) in [5.74, 6) is -0.0264. The molecule has 0 saturated heterocycles. The molecule has 5 nitrogen and oxygen atoms in total. The van der Waals surface area contributed by atoms with E-state index in [4.69, 9.17) is 5.26 Å². The Kier molecular flexibility index (Phi) is 4.88. The third kappa shape index (κ3) is 3.91. The number of benzene rings is 1. The summed E-state index contributed by atoms with van der Waals surface area (Å²) in [6, 6.07) is 7.61. The second-order valence-electron chi connectivity index (χ2n) is 3.82. The second-order valence-corrected chi connectivity index (χ2v) is 3.82.